The molecule has 2 saturated heterocycles. The number of thioether (sulfide) groups is 1. The molecule has 0 radical (unpaired) electrons. The maximum Gasteiger partial charge on any atom is 0.406 e. The normalized spacial score (nSPS) is 26.6. The summed E-state index contributed by atoms with van der Waals surface area (Å²) in [7, 11) is 0. The Kier molecular flexibility index (Phi) is 5.96. The van der Waals surface area contributed by atoms with Gasteiger partial charge in [0.2, 0.25) is 11.8 Å². The first-order valence-corrected chi connectivity index (χ1v) is 6.99. The summed E-state index contributed by atoms with van der Waals surface area (Å²) in [5, 5.41) is 5.45. The maximum atomic E-state index is 12.2. The van der Waals surface area contributed by atoms with Gasteiger partial charge in [0.1, 0.15) is 12.6 Å². The molecule has 116 valence electrons. The summed E-state index contributed by atoms with van der Waals surface area (Å²) in [6, 6.07) is -1.20. The van der Waals surface area contributed by atoms with Gasteiger partial charge in [-0.15, -0.1) is 24.2 Å². The highest BCUT2D eigenvalue weighted by Crippen LogP contribution is 2.21. The number of rotatable bonds is 3. The number of likely N-dealkylation sites (tertiary alicyclic amines) is 1. The molecule has 0 aromatic heterocycles. The molecule has 0 spiro atoms. The Hall–Kier alpha value is -0.670. The first-order chi connectivity index (χ1) is 8.87. The second kappa shape index (κ2) is 6.86. The molecule has 2 aliphatic rings. The number of halogens is 4. The summed E-state index contributed by atoms with van der Waals surface area (Å²) < 4.78 is 36.7. The maximum absolute atomic E-state index is 12.2. The quantitative estimate of drug-likeness (QED) is 0.782. The van der Waals surface area contributed by atoms with Gasteiger partial charge in [0.15, 0.2) is 0 Å². The van der Waals surface area contributed by atoms with Crippen LogP contribution in [0.1, 0.15) is 6.42 Å². The summed E-state index contributed by atoms with van der Waals surface area (Å²) in [5.74, 6) is 0.296. The van der Waals surface area contributed by atoms with E-state index in [-0.39, 0.29) is 37.3 Å². The van der Waals surface area contributed by atoms with E-state index < -0.39 is 24.7 Å². The Morgan fingerprint density at radius 1 is 1.50 bits per heavy atom. The Labute approximate surface area is 124 Å². The van der Waals surface area contributed by atoms with Crippen molar-refractivity contribution in [2.45, 2.75) is 24.7 Å². The molecule has 2 amide bonds. The number of hydrogen-bond acceptors (Lipinski definition) is 4. The predicted octanol–water partition coefficient (Wildman–Crippen LogP) is 0.350. The predicted molar refractivity (Wildman–Crippen MR) is 70.7 cm³/mol. The first kappa shape index (κ1) is 17.4. The molecule has 0 bridgehead atoms. The zero-order valence-corrected chi connectivity index (χ0v) is 12.0. The number of amides is 2. The minimum absolute atomic E-state index is 0. The molecule has 20 heavy (non-hydrogen) atoms. The third-order valence-corrected chi connectivity index (χ3v) is 3.96. The van der Waals surface area contributed by atoms with E-state index in [0.29, 0.717) is 11.6 Å². The minimum atomic E-state index is -4.40. The lowest BCUT2D eigenvalue weighted by molar-refractivity contribution is -0.158. The summed E-state index contributed by atoms with van der Waals surface area (Å²) in [4.78, 5) is 24.2. The average molecular weight is 334 g/mol. The molecule has 0 aliphatic carbocycles. The van der Waals surface area contributed by atoms with Crippen molar-refractivity contribution in [3.05, 3.63) is 0 Å². The van der Waals surface area contributed by atoms with Crippen LogP contribution in [0.25, 0.3) is 0 Å². The van der Waals surface area contributed by atoms with E-state index in [9.17, 15) is 22.8 Å². The fourth-order valence-electron chi connectivity index (χ4n) is 2.08. The number of hydrogen-bond donors (Lipinski definition) is 2. The van der Waals surface area contributed by atoms with E-state index in [1.165, 1.54) is 0 Å². The van der Waals surface area contributed by atoms with Gasteiger partial charge in [0.05, 0.1) is 6.04 Å². The third-order valence-electron chi connectivity index (χ3n) is 3.02. The largest absolute Gasteiger partial charge is 0.406 e. The summed E-state index contributed by atoms with van der Waals surface area (Å²) in [6.07, 6.45) is -4.18. The van der Waals surface area contributed by atoms with Gasteiger partial charge in [-0.05, 0) is 6.42 Å². The Morgan fingerprint density at radius 2 is 2.20 bits per heavy atom. The van der Waals surface area contributed by atoms with Crippen LogP contribution in [0.4, 0.5) is 13.2 Å². The highest BCUT2D eigenvalue weighted by Gasteiger charge is 2.40. The molecule has 5 nitrogen and oxygen atoms in total. The van der Waals surface area contributed by atoms with E-state index in [0.717, 1.165) is 4.90 Å². The average Bonchev–Trinajstić information content (AvgIpc) is 2.92. The second-order valence-electron chi connectivity index (χ2n) is 4.50. The van der Waals surface area contributed by atoms with Crippen LogP contribution in [0.5, 0.6) is 0 Å². The topological polar surface area (TPSA) is 61.4 Å². The van der Waals surface area contributed by atoms with Gasteiger partial charge in [0.25, 0.3) is 0 Å². The van der Waals surface area contributed by atoms with Crippen molar-refractivity contribution in [2.75, 3.05) is 24.7 Å². The molecule has 2 fully saturated rings. The van der Waals surface area contributed by atoms with Crippen LogP contribution in [0, 0.1) is 0 Å². The Morgan fingerprint density at radius 3 is 2.75 bits per heavy atom. The van der Waals surface area contributed by atoms with Gasteiger partial charge < -0.3 is 10.2 Å². The molecular formula is C10H15ClF3N3O2S. The monoisotopic (exact) mass is 333 g/mol. The van der Waals surface area contributed by atoms with E-state index >= 15 is 0 Å². The first-order valence-electron chi connectivity index (χ1n) is 5.84. The van der Waals surface area contributed by atoms with Crippen molar-refractivity contribution >= 4 is 36.0 Å². The van der Waals surface area contributed by atoms with Crippen LogP contribution < -0.4 is 10.6 Å². The van der Waals surface area contributed by atoms with E-state index in [1.54, 1.807) is 11.8 Å². The second-order valence-corrected chi connectivity index (χ2v) is 5.53. The molecule has 0 aromatic carbocycles. The van der Waals surface area contributed by atoms with Crippen molar-refractivity contribution in [3.63, 3.8) is 0 Å². The number of alkyl halides is 3. The fourth-order valence-corrected chi connectivity index (χ4v) is 3.02. The molecular weight excluding hydrogens is 319 g/mol. The molecule has 2 unspecified atom stereocenters. The van der Waals surface area contributed by atoms with Gasteiger partial charge in [-0.25, -0.2) is 0 Å². The zero-order valence-electron chi connectivity index (χ0n) is 10.4. The number of carbonyl (C=O) groups is 2. The number of nitrogens with zero attached hydrogens (tertiary/aromatic N) is 1. The molecule has 2 atom stereocenters. The fraction of sp³-hybridized carbons (Fsp3) is 0.800. The molecule has 0 saturated carbocycles. The van der Waals surface area contributed by atoms with Gasteiger partial charge in [-0.2, -0.15) is 13.2 Å². The van der Waals surface area contributed by atoms with Crippen molar-refractivity contribution in [1.82, 2.24) is 15.5 Å². The molecule has 0 aromatic rings. The lowest BCUT2D eigenvalue weighted by Crippen LogP contribution is -2.49. The Bertz CT molecular complexity index is 377. The van der Waals surface area contributed by atoms with Crippen LogP contribution in [-0.2, 0) is 9.59 Å². The van der Waals surface area contributed by atoms with Gasteiger partial charge >= 0.3 is 6.18 Å². The minimum Gasteiger partial charge on any atom is -0.343 e. The SMILES string of the molecule is Cl.O=C(NC1CCN(CC(F)(F)F)C1=O)C1CSCN1. The standard InChI is InChI=1S/C10H14F3N3O2S.ClH/c11-10(12,13)4-16-2-1-6(9(16)18)15-8(17)7-3-19-5-14-7;/h6-7,14H,1-5H2,(H,15,17);1H. The molecule has 2 aliphatic heterocycles. The zero-order chi connectivity index (χ0) is 14.0. The van der Waals surface area contributed by atoms with Crippen molar-refractivity contribution in [2.24, 2.45) is 0 Å². The molecule has 10 heteroatoms. The smallest absolute Gasteiger partial charge is 0.343 e. The lowest BCUT2D eigenvalue weighted by Gasteiger charge is -2.19. The van der Waals surface area contributed by atoms with Crippen LogP contribution >= 0.6 is 24.2 Å². The van der Waals surface area contributed by atoms with Crippen molar-refractivity contribution in [3.8, 4) is 0 Å². The van der Waals surface area contributed by atoms with E-state index in [4.69, 9.17) is 0 Å². The Balaban J connectivity index is 0.00000200. The highest BCUT2D eigenvalue weighted by atomic mass is 35.5. The van der Waals surface area contributed by atoms with Crippen LogP contribution in [-0.4, -0.2) is 59.7 Å². The lowest BCUT2D eigenvalue weighted by atomic mass is 10.2. The number of carbonyl (C=O) groups excluding carboxylic acids is 2. The van der Waals surface area contributed by atoms with Gasteiger partial charge in [0, 0.05) is 18.2 Å². The third kappa shape index (κ3) is 4.42. The van der Waals surface area contributed by atoms with Crippen LogP contribution in [0.2, 0.25) is 0 Å². The highest BCUT2D eigenvalue weighted by molar-refractivity contribution is 7.99. The van der Waals surface area contributed by atoms with E-state index in [1.807, 2.05) is 0 Å². The van der Waals surface area contributed by atoms with Crippen molar-refractivity contribution < 1.29 is 22.8 Å². The molecule has 2 heterocycles. The summed E-state index contributed by atoms with van der Waals surface area (Å²) >= 11 is 1.56. The number of nitrogens with one attached hydrogen (secondary N) is 2. The van der Waals surface area contributed by atoms with Gasteiger partial charge in [-0.1, -0.05) is 0 Å². The van der Waals surface area contributed by atoms with Gasteiger partial charge in [-0.3, -0.25) is 14.9 Å². The van der Waals surface area contributed by atoms with Crippen molar-refractivity contribution in [1.29, 1.82) is 0 Å². The summed E-state index contributed by atoms with van der Waals surface area (Å²) in [5.41, 5.74) is 0. The van der Waals surface area contributed by atoms with E-state index in [2.05, 4.69) is 10.6 Å². The van der Waals surface area contributed by atoms with Crippen LogP contribution in [0.15, 0.2) is 0 Å². The molecule has 2 N–H and O–H groups in total. The molecule has 2 rings (SSSR count). The summed E-state index contributed by atoms with van der Waals surface area (Å²) in [6.45, 7) is -1.23. The van der Waals surface area contributed by atoms with Crippen LogP contribution in [0.3, 0.4) is 0 Å².